The number of hydrogen-bond donors (Lipinski definition) is 1. The smallest absolute Gasteiger partial charge is 0.227 e. The summed E-state index contributed by atoms with van der Waals surface area (Å²) in [6, 6.07) is 8.59. The van der Waals surface area contributed by atoms with Crippen molar-refractivity contribution in [1.29, 1.82) is 0 Å². The summed E-state index contributed by atoms with van der Waals surface area (Å²) in [6.07, 6.45) is 2.62. The van der Waals surface area contributed by atoms with E-state index >= 15 is 0 Å². The molecule has 1 heterocycles. The van der Waals surface area contributed by atoms with Crippen molar-refractivity contribution in [2.24, 2.45) is 0 Å². The number of amides is 1. The standard InChI is InChI=1S/C15H21IN2O/c1-2-8-18(14-6-7-17-11-14)15(19)10-12-4-3-5-13(16)9-12/h3-5,9,14,17H,2,6-8,10-11H2,1H3. The molecule has 104 valence electrons. The Bertz CT molecular complexity index is 430. The molecule has 3 nitrogen and oxygen atoms in total. The van der Waals surface area contributed by atoms with Crippen LogP contribution in [0.15, 0.2) is 24.3 Å². The van der Waals surface area contributed by atoms with Gasteiger partial charge in [0, 0.05) is 22.7 Å². The summed E-state index contributed by atoms with van der Waals surface area (Å²) in [5, 5.41) is 3.34. The predicted molar refractivity (Wildman–Crippen MR) is 86.1 cm³/mol. The quantitative estimate of drug-likeness (QED) is 0.806. The highest BCUT2D eigenvalue weighted by Gasteiger charge is 2.25. The lowest BCUT2D eigenvalue weighted by atomic mass is 10.1. The average molecular weight is 372 g/mol. The predicted octanol–water partition coefficient (Wildman–Crippen LogP) is 2.43. The lowest BCUT2D eigenvalue weighted by Crippen LogP contribution is -2.42. The van der Waals surface area contributed by atoms with E-state index in [0.29, 0.717) is 12.5 Å². The van der Waals surface area contributed by atoms with Crippen molar-refractivity contribution >= 4 is 28.5 Å². The summed E-state index contributed by atoms with van der Waals surface area (Å²) >= 11 is 2.29. The van der Waals surface area contributed by atoms with E-state index in [4.69, 9.17) is 0 Å². The highest BCUT2D eigenvalue weighted by Crippen LogP contribution is 2.14. The van der Waals surface area contributed by atoms with Gasteiger partial charge in [0.05, 0.1) is 6.42 Å². The summed E-state index contributed by atoms with van der Waals surface area (Å²) in [5.41, 5.74) is 1.11. The first-order chi connectivity index (χ1) is 9.20. The first kappa shape index (κ1) is 14.8. The Labute approximate surface area is 128 Å². The molecule has 1 aliphatic rings. The normalized spacial score (nSPS) is 18.5. The van der Waals surface area contributed by atoms with Crippen LogP contribution in [0.25, 0.3) is 0 Å². The molecule has 2 rings (SSSR count). The Kier molecular flexibility index (Phi) is 5.63. The van der Waals surface area contributed by atoms with E-state index in [0.717, 1.165) is 38.0 Å². The van der Waals surface area contributed by atoms with E-state index in [-0.39, 0.29) is 5.91 Å². The molecule has 1 aliphatic heterocycles. The molecule has 0 radical (unpaired) electrons. The van der Waals surface area contributed by atoms with Crippen molar-refractivity contribution in [1.82, 2.24) is 10.2 Å². The fourth-order valence-corrected chi connectivity index (χ4v) is 3.19. The maximum absolute atomic E-state index is 12.5. The Morgan fingerprint density at radius 3 is 3.00 bits per heavy atom. The van der Waals surface area contributed by atoms with Gasteiger partial charge in [-0.3, -0.25) is 4.79 Å². The molecule has 1 saturated heterocycles. The van der Waals surface area contributed by atoms with E-state index in [2.05, 4.69) is 51.9 Å². The summed E-state index contributed by atoms with van der Waals surface area (Å²) in [5.74, 6) is 0.262. The van der Waals surface area contributed by atoms with Crippen LogP contribution in [0.4, 0.5) is 0 Å². The van der Waals surface area contributed by atoms with E-state index in [9.17, 15) is 4.79 Å². The third-order valence-corrected chi connectivity index (χ3v) is 4.18. The molecule has 1 aromatic rings. The molecule has 1 amide bonds. The van der Waals surface area contributed by atoms with Crippen molar-refractivity contribution in [3.8, 4) is 0 Å². The highest BCUT2D eigenvalue weighted by atomic mass is 127. The van der Waals surface area contributed by atoms with Crippen molar-refractivity contribution in [2.45, 2.75) is 32.2 Å². The van der Waals surface area contributed by atoms with Gasteiger partial charge in [-0.05, 0) is 59.7 Å². The molecule has 1 unspecified atom stereocenters. The Balaban J connectivity index is 2.02. The zero-order valence-electron chi connectivity index (χ0n) is 11.4. The molecule has 0 saturated carbocycles. The maximum atomic E-state index is 12.5. The second kappa shape index (κ2) is 7.24. The van der Waals surface area contributed by atoms with Crippen LogP contribution in [0.1, 0.15) is 25.3 Å². The third kappa shape index (κ3) is 4.18. The van der Waals surface area contributed by atoms with Crippen molar-refractivity contribution < 1.29 is 4.79 Å². The number of carbonyl (C=O) groups excluding carboxylic acids is 1. The van der Waals surface area contributed by atoms with Crippen LogP contribution in [0.3, 0.4) is 0 Å². The Hall–Kier alpha value is -0.620. The van der Waals surface area contributed by atoms with Gasteiger partial charge in [0.25, 0.3) is 0 Å². The number of halogens is 1. The average Bonchev–Trinajstić information content (AvgIpc) is 2.89. The van der Waals surface area contributed by atoms with Crippen molar-refractivity contribution in [3.63, 3.8) is 0 Å². The van der Waals surface area contributed by atoms with Gasteiger partial charge < -0.3 is 10.2 Å². The Morgan fingerprint density at radius 1 is 1.53 bits per heavy atom. The molecule has 19 heavy (non-hydrogen) atoms. The number of rotatable bonds is 5. The largest absolute Gasteiger partial charge is 0.338 e. The zero-order chi connectivity index (χ0) is 13.7. The van der Waals surface area contributed by atoms with Gasteiger partial charge in [0.15, 0.2) is 0 Å². The second-order valence-corrected chi connectivity index (χ2v) is 6.29. The zero-order valence-corrected chi connectivity index (χ0v) is 13.5. The molecule has 1 aromatic carbocycles. The van der Waals surface area contributed by atoms with Gasteiger partial charge in [-0.2, -0.15) is 0 Å². The molecular weight excluding hydrogens is 351 g/mol. The van der Waals surface area contributed by atoms with Crippen LogP contribution in [0, 0.1) is 3.57 Å². The molecule has 0 bridgehead atoms. The van der Waals surface area contributed by atoms with Gasteiger partial charge in [-0.1, -0.05) is 19.1 Å². The van der Waals surface area contributed by atoms with Crippen molar-refractivity contribution in [2.75, 3.05) is 19.6 Å². The number of hydrogen-bond acceptors (Lipinski definition) is 2. The van der Waals surface area contributed by atoms with Crippen LogP contribution in [-0.4, -0.2) is 36.5 Å². The van der Waals surface area contributed by atoms with E-state index < -0.39 is 0 Å². The molecular formula is C15H21IN2O. The topological polar surface area (TPSA) is 32.3 Å². The van der Waals surface area contributed by atoms with Crippen LogP contribution in [0.2, 0.25) is 0 Å². The van der Waals surface area contributed by atoms with Crippen LogP contribution >= 0.6 is 22.6 Å². The first-order valence-electron chi connectivity index (χ1n) is 6.95. The summed E-state index contributed by atoms with van der Waals surface area (Å²) in [4.78, 5) is 14.6. The van der Waals surface area contributed by atoms with Gasteiger partial charge in [0.2, 0.25) is 5.91 Å². The first-order valence-corrected chi connectivity index (χ1v) is 8.03. The van der Waals surface area contributed by atoms with Gasteiger partial charge >= 0.3 is 0 Å². The number of nitrogens with zero attached hydrogens (tertiary/aromatic N) is 1. The minimum Gasteiger partial charge on any atom is -0.338 e. The van der Waals surface area contributed by atoms with Gasteiger partial charge in [0.1, 0.15) is 0 Å². The van der Waals surface area contributed by atoms with E-state index in [1.54, 1.807) is 0 Å². The minimum absolute atomic E-state index is 0.262. The van der Waals surface area contributed by atoms with E-state index in [1.165, 1.54) is 3.57 Å². The lowest BCUT2D eigenvalue weighted by molar-refractivity contribution is -0.132. The fourth-order valence-electron chi connectivity index (χ4n) is 2.58. The highest BCUT2D eigenvalue weighted by molar-refractivity contribution is 14.1. The van der Waals surface area contributed by atoms with Gasteiger partial charge in [-0.25, -0.2) is 0 Å². The molecule has 0 spiro atoms. The maximum Gasteiger partial charge on any atom is 0.227 e. The van der Waals surface area contributed by atoms with Crippen molar-refractivity contribution in [3.05, 3.63) is 33.4 Å². The molecule has 1 atom stereocenters. The lowest BCUT2D eigenvalue weighted by Gasteiger charge is -2.28. The monoisotopic (exact) mass is 372 g/mol. The molecule has 4 heteroatoms. The number of nitrogens with one attached hydrogen (secondary N) is 1. The molecule has 0 aliphatic carbocycles. The SMILES string of the molecule is CCCN(C(=O)Cc1cccc(I)c1)C1CCNC1. The van der Waals surface area contributed by atoms with Crippen LogP contribution in [0.5, 0.6) is 0 Å². The summed E-state index contributed by atoms with van der Waals surface area (Å²) in [7, 11) is 0. The fraction of sp³-hybridized carbons (Fsp3) is 0.533. The molecule has 1 N–H and O–H groups in total. The molecule has 1 fully saturated rings. The van der Waals surface area contributed by atoms with Crippen LogP contribution < -0.4 is 5.32 Å². The summed E-state index contributed by atoms with van der Waals surface area (Å²) < 4.78 is 1.19. The molecule has 0 aromatic heterocycles. The van der Waals surface area contributed by atoms with E-state index in [1.807, 2.05) is 12.1 Å². The summed E-state index contributed by atoms with van der Waals surface area (Å²) in [6.45, 7) is 4.97. The third-order valence-electron chi connectivity index (χ3n) is 3.50. The Morgan fingerprint density at radius 2 is 2.37 bits per heavy atom. The van der Waals surface area contributed by atoms with Gasteiger partial charge in [-0.15, -0.1) is 0 Å². The van der Waals surface area contributed by atoms with Crippen LogP contribution in [-0.2, 0) is 11.2 Å². The minimum atomic E-state index is 0.262. The second-order valence-electron chi connectivity index (χ2n) is 5.04. The number of carbonyl (C=O) groups is 1. The number of benzene rings is 1.